The van der Waals surface area contributed by atoms with E-state index in [2.05, 4.69) is 21.7 Å². The maximum Gasteiger partial charge on any atom is 0.225 e. The number of aromatic nitrogens is 1. The van der Waals surface area contributed by atoms with Crippen molar-refractivity contribution < 1.29 is 4.79 Å². The Labute approximate surface area is 128 Å². The Morgan fingerprint density at radius 2 is 2.29 bits per heavy atom. The van der Waals surface area contributed by atoms with E-state index in [9.17, 15) is 4.79 Å². The molecule has 0 spiro atoms. The number of aryl methyl sites for hydroxylation is 1. The van der Waals surface area contributed by atoms with Gasteiger partial charge in [0.05, 0.1) is 5.69 Å². The molecule has 1 aliphatic rings. The standard InChI is InChI=1S/C16H16ClN3O/c1-10-6-14(16(17)19-8-10)20-15(21)7-11-9-18-13-5-3-2-4-12(11)13/h2-6,8,11,18H,7,9H2,1H3,(H,20,21). The minimum atomic E-state index is -0.0483. The SMILES string of the molecule is Cc1cnc(Cl)c(NC(=O)CC2CNc3ccccc32)c1. The number of nitrogens with one attached hydrogen (secondary N) is 2. The van der Waals surface area contributed by atoms with Crippen molar-refractivity contribution in [1.82, 2.24) is 4.98 Å². The van der Waals surface area contributed by atoms with Gasteiger partial charge in [-0.05, 0) is 30.2 Å². The number of pyridine rings is 1. The molecule has 0 aliphatic carbocycles. The molecule has 21 heavy (non-hydrogen) atoms. The molecule has 3 rings (SSSR count). The summed E-state index contributed by atoms with van der Waals surface area (Å²) in [6.45, 7) is 2.70. The van der Waals surface area contributed by atoms with E-state index >= 15 is 0 Å². The molecular weight excluding hydrogens is 286 g/mol. The highest BCUT2D eigenvalue weighted by Crippen LogP contribution is 2.33. The quantitative estimate of drug-likeness (QED) is 0.852. The van der Waals surface area contributed by atoms with Crippen LogP contribution in [-0.4, -0.2) is 17.4 Å². The molecule has 1 aromatic heterocycles. The van der Waals surface area contributed by atoms with Gasteiger partial charge >= 0.3 is 0 Å². The topological polar surface area (TPSA) is 54.0 Å². The number of carbonyl (C=O) groups excluding carboxylic acids is 1. The zero-order valence-corrected chi connectivity index (χ0v) is 12.4. The summed E-state index contributed by atoms with van der Waals surface area (Å²) in [5.74, 6) is 0.144. The van der Waals surface area contributed by atoms with Crippen LogP contribution in [0, 0.1) is 6.92 Å². The number of para-hydroxylation sites is 1. The second kappa shape index (κ2) is 5.74. The summed E-state index contributed by atoms with van der Waals surface area (Å²) < 4.78 is 0. The first-order chi connectivity index (χ1) is 10.1. The number of benzene rings is 1. The van der Waals surface area contributed by atoms with Gasteiger partial charge in [-0.15, -0.1) is 0 Å². The molecule has 0 bridgehead atoms. The summed E-state index contributed by atoms with van der Waals surface area (Å²) in [7, 11) is 0. The molecule has 1 aromatic carbocycles. The zero-order chi connectivity index (χ0) is 14.8. The molecule has 1 atom stereocenters. The van der Waals surface area contributed by atoms with E-state index in [1.54, 1.807) is 6.20 Å². The minimum Gasteiger partial charge on any atom is -0.384 e. The largest absolute Gasteiger partial charge is 0.384 e. The predicted octanol–water partition coefficient (Wildman–Crippen LogP) is 3.58. The first-order valence-electron chi connectivity index (χ1n) is 6.88. The van der Waals surface area contributed by atoms with E-state index in [-0.39, 0.29) is 11.8 Å². The second-order valence-corrected chi connectivity index (χ2v) is 5.63. The van der Waals surface area contributed by atoms with E-state index in [0.717, 1.165) is 17.8 Å². The molecule has 2 aromatic rings. The maximum atomic E-state index is 12.2. The van der Waals surface area contributed by atoms with E-state index in [4.69, 9.17) is 11.6 Å². The van der Waals surface area contributed by atoms with Crippen LogP contribution in [0.1, 0.15) is 23.5 Å². The van der Waals surface area contributed by atoms with E-state index < -0.39 is 0 Å². The number of hydrogen-bond acceptors (Lipinski definition) is 3. The molecule has 4 nitrogen and oxygen atoms in total. The van der Waals surface area contributed by atoms with Gasteiger partial charge in [-0.2, -0.15) is 0 Å². The monoisotopic (exact) mass is 301 g/mol. The Morgan fingerprint density at radius 3 is 3.14 bits per heavy atom. The Bertz CT molecular complexity index is 687. The highest BCUT2D eigenvalue weighted by atomic mass is 35.5. The number of anilines is 2. The average Bonchev–Trinajstić information content (AvgIpc) is 2.86. The van der Waals surface area contributed by atoms with Gasteiger partial charge in [0.15, 0.2) is 5.15 Å². The zero-order valence-electron chi connectivity index (χ0n) is 11.7. The van der Waals surface area contributed by atoms with Gasteiger partial charge in [-0.3, -0.25) is 4.79 Å². The smallest absolute Gasteiger partial charge is 0.225 e. The van der Waals surface area contributed by atoms with Crippen molar-refractivity contribution >= 4 is 28.9 Å². The van der Waals surface area contributed by atoms with Crippen molar-refractivity contribution in [3.8, 4) is 0 Å². The normalized spacial score (nSPS) is 16.2. The third-order valence-corrected chi connectivity index (χ3v) is 3.92. The van der Waals surface area contributed by atoms with Crippen molar-refractivity contribution in [3.63, 3.8) is 0 Å². The molecule has 5 heteroatoms. The first kappa shape index (κ1) is 13.9. The number of hydrogen-bond donors (Lipinski definition) is 2. The summed E-state index contributed by atoms with van der Waals surface area (Å²) in [4.78, 5) is 16.3. The Kier molecular flexibility index (Phi) is 3.80. The molecule has 108 valence electrons. The molecule has 1 aliphatic heterocycles. The first-order valence-corrected chi connectivity index (χ1v) is 7.26. The van der Waals surface area contributed by atoms with E-state index in [0.29, 0.717) is 17.3 Å². The lowest BCUT2D eigenvalue weighted by Crippen LogP contribution is -2.17. The second-order valence-electron chi connectivity index (χ2n) is 5.27. The van der Waals surface area contributed by atoms with Crippen molar-refractivity contribution in [2.24, 2.45) is 0 Å². The van der Waals surface area contributed by atoms with Crippen LogP contribution in [0.5, 0.6) is 0 Å². The van der Waals surface area contributed by atoms with Gasteiger partial charge < -0.3 is 10.6 Å². The summed E-state index contributed by atoms with van der Waals surface area (Å²) in [6.07, 6.45) is 2.10. The van der Waals surface area contributed by atoms with Gasteiger partial charge in [-0.25, -0.2) is 4.98 Å². The van der Waals surface area contributed by atoms with Crippen LogP contribution in [0.15, 0.2) is 36.5 Å². The Morgan fingerprint density at radius 1 is 1.48 bits per heavy atom. The highest BCUT2D eigenvalue weighted by Gasteiger charge is 2.24. The number of rotatable bonds is 3. The lowest BCUT2D eigenvalue weighted by Gasteiger charge is -2.11. The van der Waals surface area contributed by atoms with Gasteiger partial charge in [0.1, 0.15) is 0 Å². The van der Waals surface area contributed by atoms with Gasteiger partial charge in [0, 0.05) is 30.8 Å². The van der Waals surface area contributed by atoms with Gasteiger partial charge in [0.2, 0.25) is 5.91 Å². The summed E-state index contributed by atoms with van der Waals surface area (Å²) in [5.41, 5.74) is 3.84. The van der Waals surface area contributed by atoms with Crippen molar-refractivity contribution in [2.45, 2.75) is 19.3 Å². The fourth-order valence-corrected chi connectivity index (χ4v) is 2.76. The van der Waals surface area contributed by atoms with Crippen LogP contribution in [0.25, 0.3) is 0 Å². The molecule has 0 saturated carbocycles. The van der Waals surface area contributed by atoms with Crippen LogP contribution < -0.4 is 10.6 Å². The third kappa shape index (κ3) is 3.00. The van der Waals surface area contributed by atoms with Crippen LogP contribution in [-0.2, 0) is 4.79 Å². The summed E-state index contributed by atoms with van der Waals surface area (Å²) in [5, 5.41) is 6.49. The molecule has 2 N–H and O–H groups in total. The fourth-order valence-electron chi connectivity index (χ4n) is 2.60. The van der Waals surface area contributed by atoms with E-state index in [1.165, 1.54) is 5.56 Å². The molecule has 0 saturated heterocycles. The average molecular weight is 302 g/mol. The Hall–Kier alpha value is -2.07. The van der Waals surface area contributed by atoms with Crippen molar-refractivity contribution in [1.29, 1.82) is 0 Å². The Balaban J connectivity index is 1.69. The molecule has 1 amide bonds. The molecule has 0 fully saturated rings. The van der Waals surface area contributed by atoms with Crippen molar-refractivity contribution in [3.05, 3.63) is 52.8 Å². The third-order valence-electron chi connectivity index (χ3n) is 3.62. The van der Waals surface area contributed by atoms with E-state index in [1.807, 2.05) is 31.2 Å². The van der Waals surface area contributed by atoms with Crippen LogP contribution in [0.2, 0.25) is 5.15 Å². The van der Waals surface area contributed by atoms with Crippen LogP contribution in [0.4, 0.5) is 11.4 Å². The fraction of sp³-hybridized carbons (Fsp3) is 0.250. The molecule has 0 radical (unpaired) electrons. The van der Waals surface area contributed by atoms with Gasteiger partial charge in [0.25, 0.3) is 0 Å². The summed E-state index contributed by atoms with van der Waals surface area (Å²) in [6, 6.07) is 9.92. The summed E-state index contributed by atoms with van der Waals surface area (Å²) >= 11 is 6.00. The van der Waals surface area contributed by atoms with Gasteiger partial charge in [-0.1, -0.05) is 29.8 Å². The predicted molar refractivity (Wildman–Crippen MR) is 84.9 cm³/mol. The van der Waals surface area contributed by atoms with Crippen LogP contribution >= 0.6 is 11.6 Å². The number of nitrogens with zero attached hydrogens (tertiary/aromatic N) is 1. The molecule has 2 heterocycles. The minimum absolute atomic E-state index is 0.0483. The van der Waals surface area contributed by atoms with Crippen molar-refractivity contribution in [2.75, 3.05) is 17.2 Å². The maximum absolute atomic E-state index is 12.2. The van der Waals surface area contributed by atoms with Crippen LogP contribution in [0.3, 0.4) is 0 Å². The number of carbonyl (C=O) groups is 1. The number of halogens is 1. The number of amides is 1. The molecule has 1 unspecified atom stereocenters. The highest BCUT2D eigenvalue weighted by molar-refractivity contribution is 6.32. The number of fused-ring (bicyclic) bond motifs is 1. The lowest BCUT2D eigenvalue weighted by molar-refractivity contribution is -0.116. The molecular formula is C16H16ClN3O. The lowest BCUT2D eigenvalue weighted by atomic mass is 9.97.